The number of rotatable bonds is 7. The van der Waals surface area contributed by atoms with Gasteiger partial charge in [-0.1, -0.05) is 11.6 Å². The zero-order valence-corrected chi connectivity index (χ0v) is 18.5. The molecule has 11 heteroatoms. The van der Waals surface area contributed by atoms with E-state index < -0.39 is 39.8 Å². The van der Waals surface area contributed by atoms with E-state index in [1.54, 1.807) is 20.8 Å². The first-order valence-electron chi connectivity index (χ1n) is 8.94. The molecule has 0 aliphatic rings. The van der Waals surface area contributed by atoms with Crippen molar-refractivity contribution in [1.29, 1.82) is 0 Å². The van der Waals surface area contributed by atoms with E-state index in [9.17, 15) is 22.8 Å². The van der Waals surface area contributed by atoms with Gasteiger partial charge in [0.1, 0.15) is 12.3 Å². The lowest BCUT2D eigenvalue weighted by Crippen LogP contribution is -2.30. The lowest BCUT2D eigenvalue weighted by Gasteiger charge is -2.16. The fourth-order valence-electron chi connectivity index (χ4n) is 2.20. The minimum Gasteiger partial charge on any atom is -0.480 e. The van der Waals surface area contributed by atoms with Crippen LogP contribution in [0.1, 0.15) is 31.1 Å². The average Bonchev–Trinajstić information content (AvgIpc) is 2.67. The fourth-order valence-corrected chi connectivity index (χ4v) is 3.45. The van der Waals surface area contributed by atoms with Crippen molar-refractivity contribution in [2.45, 2.75) is 25.7 Å². The predicted octanol–water partition coefficient (Wildman–Crippen LogP) is 2.91. The fraction of sp³-hybridized carbons (Fsp3) is 0.250. The first-order chi connectivity index (χ1) is 14.3. The van der Waals surface area contributed by atoms with Gasteiger partial charge in [-0.15, -0.1) is 0 Å². The number of halogens is 1. The van der Waals surface area contributed by atoms with E-state index in [4.69, 9.17) is 21.4 Å². The van der Waals surface area contributed by atoms with Crippen molar-refractivity contribution in [2.75, 3.05) is 11.3 Å². The summed E-state index contributed by atoms with van der Waals surface area (Å²) in [7, 11) is -4.12. The first kappa shape index (κ1) is 24.2. The Morgan fingerprint density at radius 2 is 1.68 bits per heavy atom. The first-order valence-corrected chi connectivity index (χ1v) is 10.8. The standard InChI is InChI=1S/C20H21ClN2O7S/c1-20(2,3)19(27)30-13-5-7-14(8-6-13)31(28,29)23-16-9-4-12(21)10-15(16)18(26)22-11-17(24)25/h4-10,23H,11H2,1-3H3,(H,22,26)(H,24,25). The van der Waals surface area contributed by atoms with Crippen molar-refractivity contribution in [2.24, 2.45) is 5.41 Å². The SMILES string of the molecule is CC(C)(C)C(=O)Oc1ccc(S(=O)(=O)Nc2ccc(Cl)cc2C(=O)NCC(=O)O)cc1. The number of ether oxygens (including phenoxy) is 1. The van der Waals surface area contributed by atoms with E-state index in [2.05, 4.69) is 10.0 Å². The van der Waals surface area contributed by atoms with Gasteiger partial charge in [-0.3, -0.25) is 19.1 Å². The molecule has 0 aliphatic heterocycles. The quantitative estimate of drug-likeness (QED) is 0.419. The summed E-state index contributed by atoms with van der Waals surface area (Å²) in [6.45, 7) is 4.42. The number of sulfonamides is 1. The molecule has 2 aromatic carbocycles. The van der Waals surface area contributed by atoms with Crippen molar-refractivity contribution in [3.05, 3.63) is 53.1 Å². The van der Waals surface area contributed by atoms with Gasteiger partial charge in [-0.05, 0) is 63.2 Å². The summed E-state index contributed by atoms with van der Waals surface area (Å²) in [5.41, 5.74) is -0.957. The molecule has 0 saturated carbocycles. The monoisotopic (exact) mass is 468 g/mol. The van der Waals surface area contributed by atoms with Gasteiger partial charge in [0.15, 0.2) is 0 Å². The molecule has 0 fully saturated rings. The molecule has 31 heavy (non-hydrogen) atoms. The van der Waals surface area contributed by atoms with Crippen LogP contribution in [0.3, 0.4) is 0 Å². The van der Waals surface area contributed by atoms with Crippen LogP contribution in [0.15, 0.2) is 47.4 Å². The largest absolute Gasteiger partial charge is 0.480 e. The summed E-state index contributed by atoms with van der Waals surface area (Å²) in [4.78, 5) is 34.7. The maximum Gasteiger partial charge on any atom is 0.322 e. The summed E-state index contributed by atoms with van der Waals surface area (Å²) in [5.74, 6) is -2.37. The molecule has 0 saturated heterocycles. The number of aliphatic carboxylic acids is 1. The van der Waals surface area contributed by atoms with Crippen molar-refractivity contribution in [3.8, 4) is 5.75 Å². The van der Waals surface area contributed by atoms with E-state index in [1.165, 1.54) is 42.5 Å². The van der Waals surface area contributed by atoms with Crippen LogP contribution in [0.25, 0.3) is 0 Å². The van der Waals surface area contributed by atoms with Crippen LogP contribution >= 0.6 is 11.6 Å². The van der Waals surface area contributed by atoms with Crippen LogP contribution < -0.4 is 14.8 Å². The molecule has 0 aromatic heterocycles. The molecule has 0 radical (unpaired) electrons. The second-order valence-corrected chi connectivity index (χ2v) is 9.60. The number of anilines is 1. The number of benzene rings is 2. The number of amides is 1. The van der Waals surface area contributed by atoms with Crippen LogP contribution in [-0.4, -0.2) is 37.9 Å². The van der Waals surface area contributed by atoms with Gasteiger partial charge < -0.3 is 15.2 Å². The maximum absolute atomic E-state index is 12.7. The van der Waals surface area contributed by atoms with E-state index in [0.717, 1.165) is 0 Å². The molecule has 2 rings (SSSR count). The third-order valence-corrected chi connectivity index (χ3v) is 5.44. The van der Waals surface area contributed by atoms with Crippen LogP contribution in [0.2, 0.25) is 5.02 Å². The normalized spacial score (nSPS) is 11.5. The Bertz CT molecular complexity index is 1110. The summed E-state index contributed by atoms with van der Waals surface area (Å²) < 4.78 is 33.0. The zero-order chi connectivity index (χ0) is 23.4. The van der Waals surface area contributed by atoms with Gasteiger partial charge in [-0.2, -0.15) is 0 Å². The Hall–Kier alpha value is -3.11. The van der Waals surface area contributed by atoms with Crippen molar-refractivity contribution < 1.29 is 32.6 Å². The Morgan fingerprint density at radius 3 is 2.23 bits per heavy atom. The summed E-state index contributed by atoms with van der Waals surface area (Å²) in [5, 5.41) is 11.0. The highest BCUT2D eigenvalue weighted by Gasteiger charge is 2.24. The second-order valence-electron chi connectivity index (χ2n) is 7.48. The Labute approximate surface area is 184 Å². The van der Waals surface area contributed by atoms with Crippen molar-refractivity contribution >= 4 is 45.2 Å². The van der Waals surface area contributed by atoms with E-state index in [0.29, 0.717) is 0 Å². The Kier molecular flexibility index (Phi) is 7.29. The molecule has 0 atom stereocenters. The molecule has 9 nitrogen and oxygen atoms in total. The van der Waals surface area contributed by atoms with Crippen LogP contribution in [0.5, 0.6) is 5.75 Å². The summed E-state index contributed by atoms with van der Waals surface area (Å²) in [6, 6.07) is 9.03. The highest BCUT2D eigenvalue weighted by Crippen LogP contribution is 2.25. The topological polar surface area (TPSA) is 139 Å². The molecule has 0 unspecified atom stereocenters. The third-order valence-electron chi connectivity index (χ3n) is 3.83. The highest BCUT2D eigenvalue weighted by molar-refractivity contribution is 7.92. The maximum atomic E-state index is 12.7. The molecule has 0 bridgehead atoms. The number of carboxylic acid groups (broad SMARTS) is 1. The van der Waals surface area contributed by atoms with Gasteiger partial charge >= 0.3 is 11.9 Å². The molecular weight excluding hydrogens is 448 g/mol. The third kappa shape index (κ3) is 6.69. The lowest BCUT2D eigenvalue weighted by molar-refractivity contribution is -0.143. The van der Waals surface area contributed by atoms with Crippen LogP contribution in [-0.2, 0) is 19.6 Å². The minimum atomic E-state index is -4.12. The average molecular weight is 469 g/mol. The van der Waals surface area contributed by atoms with Gasteiger partial charge in [0.2, 0.25) is 0 Å². The molecule has 2 aromatic rings. The number of carbonyl (C=O) groups excluding carboxylic acids is 2. The molecule has 3 N–H and O–H groups in total. The Balaban J connectivity index is 2.25. The summed E-state index contributed by atoms with van der Waals surface area (Å²) >= 11 is 5.89. The van der Waals surface area contributed by atoms with Crippen molar-refractivity contribution in [3.63, 3.8) is 0 Å². The number of hydrogen-bond acceptors (Lipinski definition) is 6. The smallest absolute Gasteiger partial charge is 0.322 e. The highest BCUT2D eigenvalue weighted by atomic mass is 35.5. The van der Waals surface area contributed by atoms with Crippen LogP contribution in [0.4, 0.5) is 5.69 Å². The molecule has 166 valence electrons. The van der Waals surface area contributed by atoms with Crippen LogP contribution in [0, 0.1) is 5.41 Å². The number of esters is 1. The molecule has 1 amide bonds. The number of carbonyl (C=O) groups is 3. The molecule has 0 heterocycles. The molecule has 0 aliphatic carbocycles. The van der Waals surface area contributed by atoms with E-state index in [-0.39, 0.29) is 26.9 Å². The zero-order valence-electron chi connectivity index (χ0n) is 16.9. The second kappa shape index (κ2) is 9.36. The van der Waals surface area contributed by atoms with E-state index >= 15 is 0 Å². The minimum absolute atomic E-state index is 0.0875. The van der Waals surface area contributed by atoms with Gasteiger partial charge in [0.25, 0.3) is 15.9 Å². The van der Waals surface area contributed by atoms with Gasteiger partial charge in [0, 0.05) is 5.02 Å². The van der Waals surface area contributed by atoms with E-state index in [1.807, 2.05) is 0 Å². The van der Waals surface area contributed by atoms with Crippen molar-refractivity contribution in [1.82, 2.24) is 5.32 Å². The lowest BCUT2D eigenvalue weighted by atomic mass is 9.97. The summed E-state index contributed by atoms with van der Waals surface area (Å²) in [6.07, 6.45) is 0. The van der Waals surface area contributed by atoms with Gasteiger partial charge in [-0.25, -0.2) is 8.42 Å². The number of nitrogens with one attached hydrogen (secondary N) is 2. The predicted molar refractivity (Wildman–Crippen MR) is 114 cm³/mol. The van der Waals surface area contributed by atoms with Gasteiger partial charge in [0.05, 0.1) is 21.6 Å². The Morgan fingerprint density at radius 1 is 1.06 bits per heavy atom. The number of carboxylic acids is 1. The number of hydrogen-bond donors (Lipinski definition) is 3. The molecule has 0 spiro atoms. The molecular formula is C20H21ClN2O7S.